The highest BCUT2D eigenvalue weighted by Gasteiger charge is 2.45. The fourth-order valence-corrected chi connectivity index (χ4v) is 8.81. The molecule has 1 unspecified atom stereocenters. The molecule has 9 rings (SSSR count). The number of amides is 5. The van der Waals surface area contributed by atoms with Gasteiger partial charge in [0.15, 0.2) is 11.5 Å². The Morgan fingerprint density at radius 3 is 2.44 bits per heavy atom. The molecule has 62 heavy (non-hydrogen) atoms. The van der Waals surface area contributed by atoms with E-state index >= 15 is 0 Å². The van der Waals surface area contributed by atoms with Crippen LogP contribution in [0.4, 0.5) is 5.82 Å². The number of carbonyl (C=O) groups excluding carboxylic acids is 5. The van der Waals surface area contributed by atoms with Crippen LogP contribution in [0.1, 0.15) is 95.2 Å². The van der Waals surface area contributed by atoms with Gasteiger partial charge in [0, 0.05) is 42.4 Å². The maximum atomic E-state index is 13.4. The number of aromatic nitrogens is 4. The van der Waals surface area contributed by atoms with E-state index in [9.17, 15) is 24.0 Å². The van der Waals surface area contributed by atoms with Crippen LogP contribution < -0.4 is 22.1 Å². The average molecular weight is 830 g/mol. The first-order valence-electron chi connectivity index (χ1n) is 21.3. The predicted octanol–water partition coefficient (Wildman–Crippen LogP) is 5.93. The molecule has 0 radical (unpaired) electrons. The molecule has 1 aliphatic carbocycles. The quantitative estimate of drug-likeness (QED) is 0.0751. The first-order chi connectivity index (χ1) is 30.1. The molecule has 3 aromatic heterocycles. The summed E-state index contributed by atoms with van der Waals surface area (Å²) in [5, 5.41) is 5.27. The van der Waals surface area contributed by atoms with Crippen molar-refractivity contribution in [3.05, 3.63) is 125 Å². The highest BCUT2D eigenvalue weighted by atomic mass is 16.2. The average Bonchev–Trinajstić information content (AvgIpc) is 3.77. The van der Waals surface area contributed by atoms with Crippen LogP contribution in [0.15, 0.2) is 97.2 Å². The Bertz CT molecular complexity index is 2760. The predicted molar refractivity (Wildman–Crippen MR) is 234 cm³/mol. The molecule has 14 nitrogen and oxygen atoms in total. The molecule has 6 aromatic rings. The van der Waals surface area contributed by atoms with E-state index in [4.69, 9.17) is 21.4 Å². The van der Waals surface area contributed by atoms with Gasteiger partial charge >= 0.3 is 0 Å². The van der Waals surface area contributed by atoms with E-state index < -0.39 is 29.7 Å². The number of nitrogens with two attached hydrogens (primary N) is 2. The number of fused-ring (bicyclic) bond motifs is 2. The van der Waals surface area contributed by atoms with Crippen LogP contribution >= 0.6 is 0 Å². The minimum atomic E-state index is -0.997. The topological polar surface area (TPSA) is 208 Å². The van der Waals surface area contributed by atoms with Gasteiger partial charge in [-0.15, -0.1) is 0 Å². The van der Waals surface area contributed by atoms with Crippen LogP contribution in [-0.2, 0) is 32.8 Å². The fourth-order valence-electron chi connectivity index (χ4n) is 8.81. The summed E-state index contributed by atoms with van der Waals surface area (Å²) in [6.45, 7) is 0.520. The molecule has 1 saturated carbocycles. The number of benzene rings is 3. The number of pyridine rings is 2. The smallest absolute Gasteiger partial charge is 0.262 e. The normalized spacial score (nSPS) is 16.9. The molecule has 0 bridgehead atoms. The molecule has 3 aliphatic rings. The third-order valence-electron chi connectivity index (χ3n) is 12.4. The number of anilines is 1. The van der Waals surface area contributed by atoms with E-state index in [0.717, 1.165) is 77.1 Å². The zero-order valence-electron chi connectivity index (χ0n) is 34.2. The minimum Gasteiger partial charge on any atom is -0.383 e. The monoisotopic (exact) mass is 829 g/mol. The number of imidazole rings is 1. The number of carbonyl (C=O) groups is 5. The summed E-state index contributed by atoms with van der Waals surface area (Å²) in [6, 6.07) is 28.2. The number of imide groups is 2. The number of unbranched alkanes of at least 4 members (excludes halogenated alkanes) is 2. The molecule has 0 spiro atoms. The van der Waals surface area contributed by atoms with Gasteiger partial charge < -0.3 is 16.8 Å². The molecular weight excluding hydrogens is 783 g/mol. The van der Waals surface area contributed by atoms with Crippen molar-refractivity contribution in [3.8, 4) is 28.3 Å². The Hall–Kier alpha value is -7.06. The summed E-state index contributed by atoms with van der Waals surface area (Å²) in [7, 11) is 0. The van der Waals surface area contributed by atoms with Gasteiger partial charge in [0.05, 0.1) is 22.4 Å². The molecule has 5 heterocycles. The van der Waals surface area contributed by atoms with Crippen LogP contribution in [-0.4, -0.2) is 66.5 Å². The summed E-state index contributed by atoms with van der Waals surface area (Å²) in [5.74, 6) is -1.06. The maximum absolute atomic E-state index is 13.4. The number of piperidine rings is 1. The van der Waals surface area contributed by atoms with E-state index in [-0.39, 0.29) is 29.9 Å². The van der Waals surface area contributed by atoms with E-state index in [0.29, 0.717) is 59.7 Å². The van der Waals surface area contributed by atoms with Crippen molar-refractivity contribution < 1.29 is 24.0 Å². The maximum Gasteiger partial charge on any atom is 0.262 e. The van der Waals surface area contributed by atoms with Crippen molar-refractivity contribution in [2.45, 2.75) is 82.2 Å². The molecule has 1 saturated heterocycles. The first kappa shape index (κ1) is 40.4. The SMILES string of the molecule is Nc1ncccc1-c1nc2ccc(-c3cccc(CCC(=O)NCCCCCc4cccc5c4C(=O)N(C4CCC(=O)NC4=O)C5=O)c3)nc2n1-c1ccc(C2(N)CCC2)cc1. The lowest BCUT2D eigenvalue weighted by molar-refractivity contribution is -0.136. The molecule has 5 amide bonds. The van der Waals surface area contributed by atoms with Crippen molar-refractivity contribution >= 4 is 46.5 Å². The fraction of sp³-hybridized carbons (Fsp3) is 0.292. The Morgan fingerprint density at radius 1 is 0.855 bits per heavy atom. The Balaban J connectivity index is 0.809. The second-order valence-corrected chi connectivity index (χ2v) is 16.5. The molecule has 314 valence electrons. The van der Waals surface area contributed by atoms with Crippen molar-refractivity contribution in [1.29, 1.82) is 0 Å². The van der Waals surface area contributed by atoms with Crippen LogP contribution in [0.25, 0.3) is 39.5 Å². The van der Waals surface area contributed by atoms with E-state index in [1.54, 1.807) is 18.3 Å². The molecule has 2 fully saturated rings. The van der Waals surface area contributed by atoms with Crippen LogP contribution in [0.3, 0.4) is 0 Å². The number of nitrogens with one attached hydrogen (secondary N) is 2. The Kier molecular flexibility index (Phi) is 10.9. The summed E-state index contributed by atoms with van der Waals surface area (Å²) in [6.07, 6.45) is 8.69. The van der Waals surface area contributed by atoms with Gasteiger partial charge in [-0.05, 0) is 117 Å². The van der Waals surface area contributed by atoms with Gasteiger partial charge in [-0.1, -0.05) is 48.9 Å². The number of nitrogens with zero attached hydrogens (tertiary/aromatic N) is 5. The highest BCUT2D eigenvalue weighted by Crippen LogP contribution is 2.40. The summed E-state index contributed by atoms with van der Waals surface area (Å²) in [5.41, 5.74) is 20.9. The largest absolute Gasteiger partial charge is 0.383 e. The van der Waals surface area contributed by atoms with E-state index in [1.165, 1.54) is 0 Å². The Morgan fingerprint density at radius 2 is 1.66 bits per heavy atom. The number of nitrogen functional groups attached to an aromatic ring is 1. The zero-order chi connectivity index (χ0) is 43.0. The van der Waals surface area contributed by atoms with Gasteiger partial charge in [0.2, 0.25) is 17.7 Å². The van der Waals surface area contributed by atoms with Crippen molar-refractivity contribution in [2.24, 2.45) is 5.73 Å². The standard InChI is InChI=1S/C48H47N9O5/c49-42-35(13-6-27-52-42)43-54-37-20-19-36(53-44(37)56(43)33-17-15-32(16-18-33)48(50)24-7-25-48)31-11-4-8-29(28-31)14-22-39(58)51-26-3-1-2-9-30-10-5-12-34-41(30)47(62)57(46(34)61)38-21-23-40(59)55-45(38)60/h4-6,8,10-13,15-20,27-28,38H,1-3,7,9,14,21-26,50H2,(H2,49,52)(H,51,58)(H,55,59,60). The van der Waals surface area contributed by atoms with E-state index in [1.807, 2.05) is 53.1 Å². The van der Waals surface area contributed by atoms with Crippen LogP contribution in [0, 0.1) is 0 Å². The highest BCUT2D eigenvalue weighted by molar-refractivity contribution is 6.24. The molecule has 3 aromatic carbocycles. The number of hydrogen-bond donors (Lipinski definition) is 4. The zero-order valence-corrected chi connectivity index (χ0v) is 34.2. The van der Waals surface area contributed by atoms with Crippen molar-refractivity contribution in [1.82, 2.24) is 35.1 Å². The molecular formula is C48H47N9O5. The second-order valence-electron chi connectivity index (χ2n) is 16.5. The lowest BCUT2D eigenvalue weighted by Gasteiger charge is -2.38. The third kappa shape index (κ3) is 7.73. The van der Waals surface area contributed by atoms with Crippen LogP contribution in [0.2, 0.25) is 0 Å². The summed E-state index contributed by atoms with van der Waals surface area (Å²) in [4.78, 5) is 79.0. The minimum absolute atomic E-state index is 0.0385. The number of rotatable bonds is 14. The van der Waals surface area contributed by atoms with Crippen LogP contribution in [0.5, 0.6) is 0 Å². The van der Waals surface area contributed by atoms with Gasteiger partial charge in [0.1, 0.15) is 17.4 Å². The Labute approximate surface area is 358 Å². The van der Waals surface area contributed by atoms with Gasteiger partial charge in [-0.2, -0.15) is 0 Å². The third-order valence-corrected chi connectivity index (χ3v) is 12.4. The van der Waals surface area contributed by atoms with Crippen molar-refractivity contribution in [3.63, 3.8) is 0 Å². The number of hydrogen-bond acceptors (Lipinski definition) is 10. The lowest BCUT2D eigenvalue weighted by atomic mass is 9.73. The molecule has 2 aliphatic heterocycles. The molecule has 14 heteroatoms. The molecule has 6 N–H and O–H groups in total. The number of aryl methyl sites for hydroxylation is 2. The van der Waals surface area contributed by atoms with E-state index in [2.05, 4.69) is 45.9 Å². The molecule has 1 atom stereocenters. The summed E-state index contributed by atoms with van der Waals surface area (Å²) < 4.78 is 2.02. The van der Waals surface area contributed by atoms with Gasteiger partial charge in [-0.25, -0.2) is 15.0 Å². The summed E-state index contributed by atoms with van der Waals surface area (Å²) >= 11 is 0. The lowest BCUT2D eigenvalue weighted by Crippen LogP contribution is -2.54. The first-order valence-corrected chi connectivity index (χ1v) is 21.3. The van der Waals surface area contributed by atoms with Gasteiger partial charge in [0.25, 0.3) is 11.8 Å². The van der Waals surface area contributed by atoms with Crippen molar-refractivity contribution in [2.75, 3.05) is 12.3 Å². The second kappa shape index (κ2) is 16.8. The van der Waals surface area contributed by atoms with Gasteiger partial charge in [-0.3, -0.25) is 38.8 Å².